The molecule has 2 aromatic rings. The van der Waals surface area contributed by atoms with E-state index in [0.717, 1.165) is 38.0 Å². The Morgan fingerprint density at radius 1 is 1.30 bits per heavy atom. The van der Waals surface area contributed by atoms with Gasteiger partial charge >= 0.3 is 0 Å². The van der Waals surface area contributed by atoms with Crippen molar-refractivity contribution in [2.75, 3.05) is 19.8 Å². The fraction of sp³-hybridized carbons (Fsp3) is 0.500. The molecule has 1 aliphatic rings. The Balaban J connectivity index is 1.42. The van der Waals surface area contributed by atoms with Gasteiger partial charge < -0.3 is 14.4 Å². The molecular weight excluding hydrogens is 358 g/mol. The van der Waals surface area contributed by atoms with Crippen molar-refractivity contribution in [3.63, 3.8) is 0 Å². The van der Waals surface area contributed by atoms with Gasteiger partial charge in [-0.2, -0.15) is 0 Å². The maximum atomic E-state index is 12.8. The molecule has 2 heterocycles. The van der Waals surface area contributed by atoms with Gasteiger partial charge in [0.2, 0.25) is 5.91 Å². The molecule has 1 saturated heterocycles. The maximum absolute atomic E-state index is 12.8. The first-order chi connectivity index (χ1) is 13.2. The fourth-order valence-electron chi connectivity index (χ4n) is 3.31. The van der Waals surface area contributed by atoms with Crippen molar-refractivity contribution in [1.29, 1.82) is 0 Å². The van der Waals surface area contributed by atoms with Crippen LogP contribution in [-0.4, -0.2) is 36.7 Å². The first-order valence-corrected chi connectivity index (χ1v) is 10.7. The molecule has 1 fully saturated rings. The van der Waals surface area contributed by atoms with Crippen LogP contribution in [0.25, 0.3) is 0 Å². The van der Waals surface area contributed by atoms with Crippen molar-refractivity contribution in [2.24, 2.45) is 0 Å². The zero-order valence-corrected chi connectivity index (χ0v) is 16.9. The molecule has 1 unspecified atom stereocenters. The highest BCUT2D eigenvalue weighted by Crippen LogP contribution is 2.19. The summed E-state index contributed by atoms with van der Waals surface area (Å²) in [4.78, 5) is 16.0. The molecule has 0 bridgehead atoms. The van der Waals surface area contributed by atoms with E-state index in [1.165, 1.54) is 10.4 Å². The first kappa shape index (κ1) is 19.9. The summed E-state index contributed by atoms with van der Waals surface area (Å²) >= 11 is 1.70. The van der Waals surface area contributed by atoms with Gasteiger partial charge in [0.05, 0.1) is 19.3 Å². The molecule has 27 heavy (non-hydrogen) atoms. The number of carbonyl (C=O) groups is 1. The van der Waals surface area contributed by atoms with Crippen LogP contribution in [0.1, 0.15) is 42.5 Å². The van der Waals surface area contributed by atoms with Crippen molar-refractivity contribution >= 4 is 17.2 Å². The van der Waals surface area contributed by atoms with E-state index in [1.54, 1.807) is 11.3 Å². The molecular formula is C22H29NO3S. The fourth-order valence-corrected chi connectivity index (χ4v) is 4.03. The van der Waals surface area contributed by atoms with Crippen LogP contribution in [0.15, 0.2) is 41.8 Å². The topological polar surface area (TPSA) is 38.8 Å². The highest BCUT2D eigenvalue weighted by molar-refractivity contribution is 7.09. The largest absolute Gasteiger partial charge is 0.494 e. The predicted octanol–water partition coefficient (Wildman–Crippen LogP) is 4.81. The normalized spacial score (nSPS) is 16.4. The minimum absolute atomic E-state index is 0.193. The summed E-state index contributed by atoms with van der Waals surface area (Å²) in [6, 6.07) is 12.2. The lowest BCUT2D eigenvalue weighted by Gasteiger charge is -2.25. The van der Waals surface area contributed by atoms with E-state index in [-0.39, 0.29) is 12.0 Å². The molecule has 5 heteroatoms. The van der Waals surface area contributed by atoms with E-state index in [0.29, 0.717) is 26.1 Å². The summed E-state index contributed by atoms with van der Waals surface area (Å²) in [6.45, 7) is 4.92. The monoisotopic (exact) mass is 387 g/mol. The molecule has 1 aliphatic heterocycles. The number of aryl methyl sites for hydroxylation is 1. The van der Waals surface area contributed by atoms with Gasteiger partial charge in [-0.3, -0.25) is 4.79 Å². The van der Waals surface area contributed by atoms with E-state index >= 15 is 0 Å². The lowest BCUT2D eigenvalue weighted by atomic mass is 10.2. The summed E-state index contributed by atoms with van der Waals surface area (Å²) < 4.78 is 11.5. The molecule has 1 atom stereocenters. The summed E-state index contributed by atoms with van der Waals surface area (Å²) in [7, 11) is 0. The zero-order chi connectivity index (χ0) is 18.9. The molecule has 0 aliphatic carbocycles. The second kappa shape index (κ2) is 10.5. The van der Waals surface area contributed by atoms with Gasteiger partial charge in [-0.05, 0) is 61.7 Å². The van der Waals surface area contributed by atoms with Gasteiger partial charge in [-0.1, -0.05) is 18.2 Å². The number of benzene rings is 1. The predicted molar refractivity (Wildman–Crippen MR) is 109 cm³/mol. The number of hydrogen-bond acceptors (Lipinski definition) is 4. The second-order valence-electron chi connectivity index (χ2n) is 7.11. The van der Waals surface area contributed by atoms with Crippen molar-refractivity contribution in [1.82, 2.24) is 4.90 Å². The Morgan fingerprint density at radius 3 is 2.96 bits per heavy atom. The van der Waals surface area contributed by atoms with Gasteiger partial charge in [0.25, 0.3) is 0 Å². The quantitative estimate of drug-likeness (QED) is 0.549. The Morgan fingerprint density at radius 2 is 2.22 bits per heavy atom. The van der Waals surface area contributed by atoms with Gasteiger partial charge in [0.1, 0.15) is 5.75 Å². The average Bonchev–Trinajstić information content (AvgIpc) is 3.35. The third kappa shape index (κ3) is 6.67. The van der Waals surface area contributed by atoms with Crippen LogP contribution in [0.3, 0.4) is 0 Å². The minimum Gasteiger partial charge on any atom is -0.494 e. The van der Waals surface area contributed by atoms with Crippen LogP contribution in [0.4, 0.5) is 0 Å². The van der Waals surface area contributed by atoms with Crippen LogP contribution in [-0.2, 0) is 16.1 Å². The highest BCUT2D eigenvalue weighted by Gasteiger charge is 2.22. The third-order valence-corrected chi connectivity index (χ3v) is 5.63. The zero-order valence-electron chi connectivity index (χ0n) is 16.1. The van der Waals surface area contributed by atoms with Gasteiger partial charge in [-0.25, -0.2) is 0 Å². The molecule has 3 rings (SSSR count). The van der Waals surface area contributed by atoms with Crippen molar-refractivity contribution in [3.8, 4) is 5.75 Å². The lowest BCUT2D eigenvalue weighted by molar-refractivity contribution is -0.133. The summed E-state index contributed by atoms with van der Waals surface area (Å²) in [5, 5.41) is 2.06. The summed E-state index contributed by atoms with van der Waals surface area (Å²) in [5.41, 5.74) is 1.20. The third-order valence-electron chi connectivity index (χ3n) is 4.77. The van der Waals surface area contributed by atoms with Crippen LogP contribution in [0.5, 0.6) is 5.75 Å². The van der Waals surface area contributed by atoms with Crippen LogP contribution >= 0.6 is 11.3 Å². The first-order valence-electron chi connectivity index (χ1n) is 9.82. The van der Waals surface area contributed by atoms with E-state index in [4.69, 9.17) is 9.47 Å². The van der Waals surface area contributed by atoms with Gasteiger partial charge in [0.15, 0.2) is 0 Å². The lowest BCUT2D eigenvalue weighted by Crippen LogP contribution is -2.36. The Hall–Kier alpha value is -1.85. The van der Waals surface area contributed by atoms with E-state index in [9.17, 15) is 4.79 Å². The molecule has 1 aromatic carbocycles. The number of carbonyl (C=O) groups excluding carboxylic acids is 1. The number of rotatable bonds is 10. The second-order valence-corrected chi connectivity index (χ2v) is 8.14. The molecule has 146 valence electrons. The average molecular weight is 388 g/mol. The minimum atomic E-state index is 0.193. The van der Waals surface area contributed by atoms with Crippen LogP contribution in [0.2, 0.25) is 0 Å². The number of nitrogens with zero attached hydrogens (tertiary/aromatic N) is 1. The van der Waals surface area contributed by atoms with Crippen LogP contribution < -0.4 is 4.74 Å². The Labute approximate surface area is 166 Å². The van der Waals surface area contributed by atoms with Gasteiger partial charge in [0, 0.05) is 24.4 Å². The smallest absolute Gasteiger partial charge is 0.222 e. The van der Waals surface area contributed by atoms with Crippen molar-refractivity contribution < 1.29 is 14.3 Å². The van der Waals surface area contributed by atoms with Crippen molar-refractivity contribution in [3.05, 3.63) is 52.2 Å². The number of ether oxygens (including phenoxy) is 2. The maximum Gasteiger partial charge on any atom is 0.222 e. The van der Waals surface area contributed by atoms with Crippen LogP contribution in [0, 0.1) is 6.92 Å². The molecule has 4 nitrogen and oxygen atoms in total. The molecule has 0 radical (unpaired) electrons. The number of amides is 1. The number of thiophene rings is 1. The summed E-state index contributed by atoms with van der Waals surface area (Å²) in [6.07, 6.45) is 4.64. The molecule has 0 saturated carbocycles. The molecule has 1 amide bonds. The van der Waals surface area contributed by atoms with E-state index in [1.807, 2.05) is 29.2 Å². The Kier molecular flexibility index (Phi) is 7.72. The van der Waals surface area contributed by atoms with E-state index in [2.05, 4.69) is 24.4 Å². The molecule has 0 N–H and O–H groups in total. The Bertz CT molecular complexity index is 695. The SMILES string of the molecule is Cc1cccc(OCCCCC(=O)N(Cc2cccs2)CC2CCCO2)c1. The van der Waals surface area contributed by atoms with Gasteiger partial charge in [-0.15, -0.1) is 11.3 Å². The molecule has 1 aromatic heterocycles. The van der Waals surface area contributed by atoms with E-state index < -0.39 is 0 Å². The highest BCUT2D eigenvalue weighted by atomic mass is 32.1. The number of unbranched alkanes of at least 4 members (excludes halogenated alkanes) is 1. The number of hydrogen-bond donors (Lipinski definition) is 0. The standard InChI is InChI=1S/C22H29NO3S/c1-18-7-4-8-19(15-18)25-12-3-2-11-22(24)23(16-20-9-5-13-26-20)17-21-10-6-14-27-21/h4,6-8,10,14-15,20H,2-3,5,9,11-13,16-17H2,1H3. The molecule has 0 spiro atoms. The van der Waals surface area contributed by atoms with Crippen molar-refractivity contribution in [2.45, 2.75) is 51.7 Å². The summed E-state index contributed by atoms with van der Waals surface area (Å²) in [5.74, 6) is 1.12.